The Morgan fingerprint density at radius 2 is 2.00 bits per heavy atom. The molecule has 0 saturated heterocycles. The number of ether oxygens (including phenoxy) is 2. The Kier molecular flexibility index (Phi) is 5.35. The Hall–Kier alpha value is -0.870. The van der Waals surface area contributed by atoms with Gasteiger partial charge in [0, 0.05) is 10.9 Å². The van der Waals surface area contributed by atoms with Gasteiger partial charge in [-0.3, -0.25) is 4.79 Å². The second-order valence-corrected chi connectivity index (χ2v) is 5.93. The summed E-state index contributed by atoms with van der Waals surface area (Å²) in [6.07, 6.45) is 0.341. The fourth-order valence-corrected chi connectivity index (χ4v) is 1.76. The van der Waals surface area contributed by atoms with Crippen molar-refractivity contribution in [1.29, 1.82) is 0 Å². The van der Waals surface area contributed by atoms with E-state index in [1.54, 1.807) is 7.11 Å². The number of Topliss-reactive ketones (excluding diaryl/α,β-unsaturated/α-hetero) is 1. The highest BCUT2D eigenvalue weighted by atomic mass is 79.9. The third kappa shape index (κ3) is 5.19. The van der Waals surface area contributed by atoms with E-state index >= 15 is 0 Å². The first kappa shape index (κ1) is 15.2. The minimum atomic E-state index is -0.290. The Balaban J connectivity index is 2.64. The van der Waals surface area contributed by atoms with E-state index in [0.717, 1.165) is 15.8 Å². The first-order valence-corrected chi connectivity index (χ1v) is 6.59. The van der Waals surface area contributed by atoms with Gasteiger partial charge in [0.15, 0.2) is 5.78 Å². The lowest BCUT2D eigenvalue weighted by molar-refractivity contribution is -0.127. The Morgan fingerprint density at radius 1 is 1.33 bits per heavy atom. The zero-order valence-corrected chi connectivity index (χ0v) is 12.8. The molecule has 100 valence electrons. The molecule has 0 atom stereocenters. The fourth-order valence-electron chi connectivity index (χ4n) is 1.37. The topological polar surface area (TPSA) is 35.5 Å². The van der Waals surface area contributed by atoms with Gasteiger partial charge in [0.05, 0.1) is 12.7 Å². The molecule has 0 spiro atoms. The molecule has 3 nitrogen and oxygen atoms in total. The standard InChI is InChI=1S/C14H19BrO3/c1-14(2,3)18-9-11(16)7-10-8-12(17-4)5-6-13(10)15/h5-6,8H,7,9H2,1-4H3. The van der Waals surface area contributed by atoms with Crippen LogP contribution in [0.4, 0.5) is 0 Å². The van der Waals surface area contributed by atoms with E-state index in [-0.39, 0.29) is 18.0 Å². The van der Waals surface area contributed by atoms with Crippen molar-refractivity contribution in [3.05, 3.63) is 28.2 Å². The third-order valence-electron chi connectivity index (χ3n) is 2.31. The van der Waals surface area contributed by atoms with Gasteiger partial charge >= 0.3 is 0 Å². The van der Waals surface area contributed by atoms with Crippen molar-refractivity contribution in [2.75, 3.05) is 13.7 Å². The van der Waals surface area contributed by atoms with Crippen molar-refractivity contribution in [2.45, 2.75) is 32.8 Å². The molecular formula is C14H19BrO3. The van der Waals surface area contributed by atoms with Crippen LogP contribution in [0.25, 0.3) is 0 Å². The zero-order valence-electron chi connectivity index (χ0n) is 11.2. The predicted octanol–water partition coefficient (Wildman–Crippen LogP) is 3.38. The van der Waals surface area contributed by atoms with Crippen LogP contribution in [0.3, 0.4) is 0 Å². The molecule has 0 amide bonds. The molecule has 0 aliphatic rings. The third-order valence-corrected chi connectivity index (χ3v) is 3.08. The minimum absolute atomic E-state index is 0.0545. The Morgan fingerprint density at radius 3 is 2.56 bits per heavy atom. The van der Waals surface area contributed by atoms with Crippen LogP contribution in [0.5, 0.6) is 5.75 Å². The van der Waals surface area contributed by atoms with Crippen molar-refractivity contribution in [3.63, 3.8) is 0 Å². The van der Waals surface area contributed by atoms with E-state index in [9.17, 15) is 4.79 Å². The zero-order chi connectivity index (χ0) is 13.8. The molecule has 4 heteroatoms. The first-order valence-electron chi connectivity index (χ1n) is 5.80. The van der Waals surface area contributed by atoms with Crippen LogP contribution < -0.4 is 4.74 Å². The van der Waals surface area contributed by atoms with Crippen molar-refractivity contribution >= 4 is 21.7 Å². The molecule has 18 heavy (non-hydrogen) atoms. The van der Waals surface area contributed by atoms with Gasteiger partial charge in [-0.2, -0.15) is 0 Å². The van der Waals surface area contributed by atoms with E-state index in [4.69, 9.17) is 9.47 Å². The number of benzene rings is 1. The number of ketones is 1. The quantitative estimate of drug-likeness (QED) is 0.835. The summed E-state index contributed by atoms with van der Waals surface area (Å²) >= 11 is 3.43. The first-order chi connectivity index (χ1) is 8.31. The number of halogens is 1. The molecule has 0 aliphatic carbocycles. The Bertz CT molecular complexity index is 422. The molecule has 0 aliphatic heterocycles. The van der Waals surface area contributed by atoms with Crippen LogP contribution in [-0.4, -0.2) is 25.1 Å². The second-order valence-electron chi connectivity index (χ2n) is 5.07. The molecular weight excluding hydrogens is 296 g/mol. The molecule has 0 bridgehead atoms. The molecule has 1 rings (SSSR count). The van der Waals surface area contributed by atoms with Gasteiger partial charge in [-0.15, -0.1) is 0 Å². The van der Waals surface area contributed by atoms with Gasteiger partial charge in [-0.25, -0.2) is 0 Å². The molecule has 0 unspecified atom stereocenters. The second kappa shape index (κ2) is 6.34. The lowest BCUT2D eigenvalue weighted by Gasteiger charge is -2.18. The minimum Gasteiger partial charge on any atom is -0.497 e. The fraction of sp³-hybridized carbons (Fsp3) is 0.500. The average molecular weight is 315 g/mol. The van der Waals surface area contributed by atoms with Crippen molar-refractivity contribution in [3.8, 4) is 5.75 Å². The number of carbonyl (C=O) groups is 1. The van der Waals surface area contributed by atoms with E-state index in [2.05, 4.69) is 15.9 Å². The summed E-state index contributed by atoms with van der Waals surface area (Å²) < 4.78 is 11.5. The highest BCUT2D eigenvalue weighted by Crippen LogP contribution is 2.23. The molecule has 1 aromatic carbocycles. The summed E-state index contributed by atoms with van der Waals surface area (Å²) in [5, 5.41) is 0. The molecule has 0 aromatic heterocycles. The van der Waals surface area contributed by atoms with Crippen LogP contribution in [0.15, 0.2) is 22.7 Å². The number of methoxy groups -OCH3 is 1. The molecule has 0 fully saturated rings. The summed E-state index contributed by atoms with van der Waals surface area (Å²) in [6, 6.07) is 5.59. The van der Waals surface area contributed by atoms with Crippen molar-refractivity contribution in [1.82, 2.24) is 0 Å². The highest BCUT2D eigenvalue weighted by Gasteiger charge is 2.14. The van der Waals surface area contributed by atoms with Gasteiger partial charge in [-0.05, 0) is 44.5 Å². The smallest absolute Gasteiger partial charge is 0.162 e. The normalized spacial score (nSPS) is 11.4. The summed E-state index contributed by atoms with van der Waals surface area (Å²) in [6.45, 7) is 5.93. The summed E-state index contributed by atoms with van der Waals surface area (Å²) in [7, 11) is 1.61. The van der Waals surface area contributed by atoms with E-state index in [1.807, 2.05) is 39.0 Å². The maximum absolute atomic E-state index is 11.8. The van der Waals surface area contributed by atoms with Crippen LogP contribution in [0.1, 0.15) is 26.3 Å². The SMILES string of the molecule is COc1ccc(Br)c(CC(=O)COC(C)(C)C)c1. The maximum atomic E-state index is 11.8. The Labute approximate surface area is 117 Å². The number of rotatable bonds is 5. The van der Waals surface area contributed by atoms with Crippen LogP contribution in [0, 0.1) is 0 Å². The largest absolute Gasteiger partial charge is 0.497 e. The van der Waals surface area contributed by atoms with Gasteiger partial charge in [0.25, 0.3) is 0 Å². The van der Waals surface area contributed by atoms with Gasteiger partial charge in [0.1, 0.15) is 12.4 Å². The molecule has 0 N–H and O–H groups in total. The van der Waals surface area contributed by atoms with Gasteiger partial charge in [-0.1, -0.05) is 15.9 Å². The van der Waals surface area contributed by atoms with E-state index < -0.39 is 0 Å². The lowest BCUT2D eigenvalue weighted by atomic mass is 10.1. The molecule has 0 heterocycles. The monoisotopic (exact) mass is 314 g/mol. The van der Waals surface area contributed by atoms with Crippen LogP contribution in [0.2, 0.25) is 0 Å². The molecule has 1 aromatic rings. The van der Waals surface area contributed by atoms with E-state index in [0.29, 0.717) is 6.42 Å². The highest BCUT2D eigenvalue weighted by molar-refractivity contribution is 9.10. The van der Waals surface area contributed by atoms with Crippen molar-refractivity contribution < 1.29 is 14.3 Å². The number of hydrogen-bond acceptors (Lipinski definition) is 3. The molecule has 0 saturated carbocycles. The number of carbonyl (C=O) groups excluding carboxylic acids is 1. The van der Waals surface area contributed by atoms with Gasteiger partial charge < -0.3 is 9.47 Å². The summed E-state index contributed by atoms with van der Waals surface area (Å²) in [4.78, 5) is 11.8. The van der Waals surface area contributed by atoms with E-state index in [1.165, 1.54) is 0 Å². The van der Waals surface area contributed by atoms with Crippen molar-refractivity contribution in [2.24, 2.45) is 0 Å². The maximum Gasteiger partial charge on any atom is 0.162 e. The lowest BCUT2D eigenvalue weighted by Crippen LogP contribution is -2.24. The average Bonchev–Trinajstić information content (AvgIpc) is 2.28. The van der Waals surface area contributed by atoms with Gasteiger partial charge in [0.2, 0.25) is 0 Å². The van der Waals surface area contributed by atoms with Crippen LogP contribution in [-0.2, 0) is 16.0 Å². The predicted molar refractivity (Wildman–Crippen MR) is 75.1 cm³/mol. The number of hydrogen-bond donors (Lipinski definition) is 0. The summed E-state index contributed by atoms with van der Waals surface area (Å²) in [5.41, 5.74) is 0.623. The van der Waals surface area contributed by atoms with Crippen LogP contribution >= 0.6 is 15.9 Å². The summed E-state index contributed by atoms with van der Waals surface area (Å²) in [5.74, 6) is 0.802. The molecule has 0 radical (unpaired) electrons.